The Kier molecular flexibility index (Phi) is 8.07. The SMILES string of the molecule is CN=C(NCC1CCCOC1c1ccc(C)cc1)NC1C2CCCOC2C1(C)C.I. The number of aliphatic imine (C=N–C) groups is 1. The first-order valence-corrected chi connectivity index (χ1v) is 11.3. The minimum Gasteiger partial charge on any atom is -0.377 e. The number of ether oxygens (including phenoxy) is 2. The second-order valence-corrected chi connectivity index (χ2v) is 9.60. The van der Waals surface area contributed by atoms with E-state index < -0.39 is 0 Å². The number of fused-ring (bicyclic) bond motifs is 1. The standard InChI is InChI=1S/C24H37N3O2.HI/c1-16-9-11-17(12-10-16)20-18(7-5-13-28-20)15-26-23(25-4)27-21-19-8-6-14-29-22(19)24(21,2)3;/h9-12,18-22H,5-8,13-15H2,1-4H3,(H2,25,26,27);1H. The molecule has 3 aliphatic rings. The van der Waals surface area contributed by atoms with E-state index in [1.807, 2.05) is 7.05 Å². The van der Waals surface area contributed by atoms with Gasteiger partial charge in [0, 0.05) is 50.1 Å². The Morgan fingerprint density at radius 2 is 1.80 bits per heavy atom. The molecule has 168 valence electrons. The van der Waals surface area contributed by atoms with Gasteiger partial charge in [0.05, 0.1) is 12.2 Å². The van der Waals surface area contributed by atoms with Crippen LogP contribution in [0.2, 0.25) is 0 Å². The number of rotatable bonds is 4. The molecule has 5 atom stereocenters. The van der Waals surface area contributed by atoms with Gasteiger partial charge < -0.3 is 20.1 Å². The number of nitrogens with one attached hydrogen (secondary N) is 2. The third-order valence-electron chi connectivity index (χ3n) is 7.23. The van der Waals surface area contributed by atoms with E-state index >= 15 is 0 Å². The van der Waals surface area contributed by atoms with Crippen molar-refractivity contribution in [3.63, 3.8) is 0 Å². The van der Waals surface area contributed by atoms with Crippen LogP contribution in [0.5, 0.6) is 0 Å². The van der Waals surface area contributed by atoms with Crippen LogP contribution >= 0.6 is 24.0 Å². The van der Waals surface area contributed by atoms with E-state index in [1.165, 1.54) is 30.4 Å². The van der Waals surface area contributed by atoms with E-state index in [9.17, 15) is 0 Å². The van der Waals surface area contributed by atoms with Gasteiger partial charge in [-0.15, -0.1) is 24.0 Å². The minimum atomic E-state index is 0. The Hall–Kier alpha value is -0.860. The summed E-state index contributed by atoms with van der Waals surface area (Å²) in [5.41, 5.74) is 2.71. The molecule has 1 saturated carbocycles. The predicted molar refractivity (Wildman–Crippen MR) is 133 cm³/mol. The number of aryl methyl sites for hydroxylation is 1. The molecule has 30 heavy (non-hydrogen) atoms. The number of guanidine groups is 1. The predicted octanol–water partition coefficient (Wildman–Crippen LogP) is 4.45. The lowest BCUT2D eigenvalue weighted by Crippen LogP contribution is -2.71. The highest BCUT2D eigenvalue weighted by molar-refractivity contribution is 14.0. The van der Waals surface area contributed by atoms with E-state index in [4.69, 9.17) is 9.47 Å². The molecule has 6 heteroatoms. The van der Waals surface area contributed by atoms with Crippen molar-refractivity contribution < 1.29 is 9.47 Å². The fraction of sp³-hybridized carbons (Fsp3) is 0.708. The molecule has 2 aliphatic heterocycles. The zero-order valence-electron chi connectivity index (χ0n) is 18.8. The van der Waals surface area contributed by atoms with Gasteiger partial charge in [-0.3, -0.25) is 4.99 Å². The summed E-state index contributed by atoms with van der Waals surface area (Å²) in [6.45, 7) is 9.38. The van der Waals surface area contributed by atoms with Gasteiger partial charge in [-0.1, -0.05) is 43.7 Å². The smallest absolute Gasteiger partial charge is 0.191 e. The second-order valence-electron chi connectivity index (χ2n) is 9.60. The Morgan fingerprint density at radius 1 is 1.10 bits per heavy atom. The first kappa shape index (κ1) is 23.8. The lowest BCUT2D eigenvalue weighted by Gasteiger charge is -2.60. The number of hydrogen-bond acceptors (Lipinski definition) is 3. The van der Waals surface area contributed by atoms with Crippen LogP contribution in [0.4, 0.5) is 0 Å². The molecule has 0 spiro atoms. The lowest BCUT2D eigenvalue weighted by atomic mass is 9.55. The number of nitrogens with zero attached hydrogens (tertiary/aromatic N) is 1. The maximum Gasteiger partial charge on any atom is 0.191 e. The summed E-state index contributed by atoms with van der Waals surface area (Å²) in [6, 6.07) is 9.20. The third kappa shape index (κ3) is 4.80. The Morgan fingerprint density at radius 3 is 2.53 bits per heavy atom. The topological polar surface area (TPSA) is 54.9 Å². The third-order valence-corrected chi connectivity index (χ3v) is 7.23. The zero-order chi connectivity index (χ0) is 20.4. The van der Waals surface area contributed by atoms with Crippen molar-refractivity contribution in [2.45, 2.75) is 64.7 Å². The molecule has 0 radical (unpaired) electrons. The van der Waals surface area contributed by atoms with Gasteiger partial charge in [0.25, 0.3) is 0 Å². The molecule has 0 aromatic heterocycles. The first-order chi connectivity index (χ1) is 14.0. The van der Waals surface area contributed by atoms with Crippen molar-refractivity contribution >= 4 is 29.9 Å². The van der Waals surface area contributed by atoms with E-state index in [2.05, 4.69) is 60.7 Å². The van der Waals surface area contributed by atoms with Crippen LogP contribution < -0.4 is 10.6 Å². The Labute approximate surface area is 198 Å². The fourth-order valence-electron chi connectivity index (χ4n) is 5.56. The largest absolute Gasteiger partial charge is 0.377 e. The van der Waals surface area contributed by atoms with Gasteiger partial charge in [0.2, 0.25) is 0 Å². The van der Waals surface area contributed by atoms with Gasteiger partial charge in [-0.05, 0) is 38.2 Å². The van der Waals surface area contributed by atoms with Crippen molar-refractivity contribution in [2.24, 2.45) is 22.2 Å². The highest BCUT2D eigenvalue weighted by Gasteiger charge is 2.58. The van der Waals surface area contributed by atoms with Gasteiger partial charge in [0.1, 0.15) is 0 Å². The molecule has 0 bridgehead atoms. The summed E-state index contributed by atoms with van der Waals surface area (Å²) in [5, 5.41) is 7.31. The molecule has 5 nitrogen and oxygen atoms in total. The van der Waals surface area contributed by atoms with Crippen LogP contribution in [0.15, 0.2) is 29.3 Å². The lowest BCUT2D eigenvalue weighted by molar-refractivity contribution is -0.188. The van der Waals surface area contributed by atoms with Crippen molar-refractivity contribution in [3.05, 3.63) is 35.4 Å². The molecule has 2 N–H and O–H groups in total. The maximum absolute atomic E-state index is 6.18. The fourth-order valence-corrected chi connectivity index (χ4v) is 5.56. The molecular weight excluding hydrogens is 489 g/mol. The molecule has 3 fully saturated rings. The summed E-state index contributed by atoms with van der Waals surface area (Å²) in [4.78, 5) is 4.52. The quantitative estimate of drug-likeness (QED) is 0.345. The minimum absolute atomic E-state index is 0. The Balaban J connectivity index is 0.00000256. The molecule has 1 aliphatic carbocycles. The van der Waals surface area contributed by atoms with Crippen LogP contribution in [-0.4, -0.2) is 44.9 Å². The molecule has 2 heterocycles. The average molecular weight is 527 g/mol. The van der Waals surface area contributed by atoms with Crippen LogP contribution in [0.1, 0.15) is 56.8 Å². The molecule has 0 amide bonds. The van der Waals surface area contributed by atoms with Gasteiger partial charge in [-0.2, -0.15) is 0 Å². The molecule has 1 aromatic rings. The molecule has 2 saturated heterocycles. The van der Waals surface area contributed by atoms with E-state index in [1.54, 1.807) is 0 Å². The van der Waals surface area contributed by atoms with Crippen LogP contribution in [0, 0.1) is 24.2 Å². The van der Waals surface area contributed by atoms with E-state index in [-0.39, 0.29) is 35.5 Å². The monoisotopic (exact) mass is 527 g/mol. The maximum atomic E-state index is 6.18. The van der Waals surface area contributed by atoms with Crippen molar-refractivity contribution in [3.8, 4) is 0 Å². The van der Waals surface area contributed by atoms with Gasteiger partial charge in [0.15, 0.2) is 5.96 Å². The van der Waals surface area contributed by atoms with Crippen LogP contribution in [0.3, 0.4) is 0 Å². The average Bonchev–Trinajstić information content (AvgIpc) is 2.74. The second kappa shape index (κ2) is 10.2. The molecule has 4 rings (SSSR count). The molecular formula is C24H38IN3O2. The summed E-state index contributed by atoms with van der Waals surface area (Å²) in [6.07, 6.45) is 5.25. The van der Waals surface area contributed by atoms with E-state index in [0.29, 0.717) is 24.0 Å². The highest BCUT2D eigenvalue weighted by Crippen LogP contribution is 2.51. The summed E-state index contributed by atoms with van der Waals surface area (Å²) in [5.74, 6) is 1.95. The summed E-state index contributed by atoms with van der Waals surface area (Å²) < 4.78 is 12.2. The normalized spacial score (nSPS) is 32.9. The highest BCUT2D eigenvalue weighted by atomic mass is 127. The molecule has 5 unspecified atom stereocenters. The van der Waals surface area contributed by atoms with Crippen molar-refractivity contribution in [2.75, 3.05) is 26.8 Å². The van der Waals surface area contributed by atoms with Crippen molar-refractivity contribution in [1.29, 1.82) is 0 Å². The number of hydrogen-bond donors (Lipinski definition) is 2. The summed E-state index contributed by atoms with van der Waals surface area (Å²) in [7, 11) is 1.87. The molecule has 1 aromatic carbocycles. The van der Waals surface area contributed by atoms with Gasteiger partial charge >= 0.3 is 0 Å². The number of benzene rings is 1. The van der Waals surface area contributed by atoms with Gasteiger partial charge in [-0.25, -0.2) is 0 Å². The van der Waals surface area contributed by atoms with Crippen molar-refractivity contribution in [1.82, 2.24) is 10.6 Å². The first-order valence-electron chi connectivity index (χ1n) is 11.3. The van der Waals surface area contributed by atoms with E-state index in [0.717, 1.165) is 32.1 Å². The zero-order valence-corrected chi connectivity index (χ0v) is 21.1. The summed E-state index contributed by atoms with van der Waals surface area (Å²) >= 11 is 0. The van der Waals surface area contributed by atoms with Crippen LogP contribution in [-0.2, 0) is 9.47 Å². The Bertz CT molecular complexity index is 722. The van der Waals surface area contributed by atoms with Crippen LogP contribution in [0.25, 0.3) is 0 Å². The number of halogens is 1.